The fraction of sp³-hybridized carbons (Fsp3) is 0.125. The van der Waals surface area contributed by atoms with E-state index in [0.29, 0.717) is 21.3 Å². The minimum Gasteiger partial charge on any atom is -0.397 e. The molecule has 3 nitrogen and oxygen atoms in total. The number of hydrogen-bond donors (Lipinski definition) is 3. The molecule has 3 N–H and O–H groups in total. The smallest absolute Gasteiger partial charge is 0.221 e. The Morgan fingerprint density at radius 2 is 2.23 bits per heavy atom. The highest BCUT2D eigenvalue weighted by molar-refractivity contribution is 7.80. The lowest BCUT2D eigenvalue weighted by atomic mass is 10.3. The first kappa shape index (κ1) is 10.2. The van der Waals surface area contributed by atoms with E-state index in [1.807, 2.05) is 0 Å². The molecule has 0 aliphatic carbocycles. The van der Waals surface area contributed by atoms with Crippen molar-refractivity contribution in [2.24, 2.45) is 0 Å². The number of halogens is 1. The van der Waals surface area contributed by atoms with Gasteiger partial charge >= 0.3 is 0 Å². The summed E-state index contributed by atoms with van der Waals surface area (Å²) in [6, 6.07) is 3.23. The second-order valence-corrected chi connectivity index (χ2v) is 3.46. The van der Waals surface area contributed by atoms with Gasteiger partial charge in [-0.05, 0) is 12.1 Å². The van der Waals surface area contributed by atoms with Gasteiger partial charge in [-0.25, -0.2) is 0 Å². The van der Waals surface area contributed by atoms with E-state index >= 15 is 0 Å². The number of nitrogens with one attached hydrogen (secondary N) is 1. The molecule has 0 saturated heterocycles. The molecule has 0 aliphatic heterocycles. The molecular formula is C8H9ClN2OS. The van der Waals surface area contributed by atoms with Crippen molar-refractivity contribution < 1.29 is 4.79 Å². The van der Waals surface area contributed by atoms with Gasteiger partial charge < -0.3 is 11.1 Å². The Balaban J connectivity index is 3.06. The van der Waals surface area contributed by atoms with Crippen molar-refractivity contribution in [3.05, 3.63) is 17.2 Å². The maximum Gasteiger partial charge on any atom is 0.221 e. The first-order chi connectivity index (χ1) is 6.00. The third-order valence-electron chi connectivity index (χ3n) is 1.43. The summed E-state index contributed by atoms with van der Waals surface area (Å²) in [7, 11) is 0. The quantitative estimate of drug-likeness (QED) is 0.498. The highest BCUT2D eigenvalue weighted by Gasteiger charge is 2.04. The third kappa shape index (κ3) is 2.54. The fourth-order valence-electron chi connectivity index (χ4n) is 0.879. The first-order valence-corrected chi connectivity index (χ1v) is 4.39. The molecule has 0 radical (unpaired) electrons. The van der Waals surface area contributed by atoms with Crippen LogP contribution in [-0.4, -0.2) is 5.91 Å². The van der Waals surface area contributed by atoms with Crippen molar-refractivity contribution in [3.8, 4) is 0 Å². The fourth-order valence-corrected chi connectivity index (χ4v) is 1.42. The largest absolute Gasteiger partial charge is 0.397 e. The molecule has 0 saturated carbocycles. The third-order valence-corrected chi connectivity index (χ3v) is 2.11. The number of nitrogen functional groups attached to an aromatic ring is 1. The summed E-state index contributed by atoms with van der Waals surface area (Å²) in [5.41, 5.74) is 6.57. The molecule has 1 rings (SSSR count). The Morgan fingerprint density at radius 3 is 2.69 bits per heavy atom. The zero-order chi connectivity index (χ0) is 10.0. The Labute approximate surface area is 86.7 Å². The van der Waals surface area contributed by atoms with Gasteiger partial charge in [0.05, 0.1) is 10.7 Å². The number of nitrogens with two attached hydrogens (primary N) is 1. The molecule has 0 fully saturated rings. The number of benzene rings is 1. The molecule has 5 heteroatoms. The Hall–Kier alpha value is -0.870. The zero-order valence-corrected chi connectivity index (χ0v) is 8.62. The van der Waals surface area contributed by atoms with Gasteiger partial charge in [0.15, 0.2) is 0 Å². The number of carbonyl (C=O) groups excluding carboxylic acids is 1. The van der Waals surface area contributed by atoms with Crippen LogP contribution in [0, 0.1) is 0 Å². The molecule has 0 unspecified atom stereocenters. The van der Waals surface area contributed by atoms with Crippen LogP contribution in [0.1, 0.15) is 6.92 Å². The second-order valence-electron chi connectivity index (χ2n) is 2.57. The normalized spacial score (nSPS) is 9.77. The number of hydrogen-bond acceptors (Lipinski definition) is 3. The molecule has 13 heavy (non-hydrogen) atoms. The highest BCUT2D eigenvalue weighted by Crippen LogP contribution is 2.29. The average Bonchev–Trinajstić information content (AvgIpc) is 1.98. The van der Waals surface area contributed by atoms with Crippen molar-refractivity contribution in [2.45, 2.75) is 11.8 Å². The maximum absolute atomic E-state index is 10.7. The summed E-state index contributed by atoms with van der Waals surface area (Å²) >= 11 is 9.88. The number of anilines is 2. The van der Waals surface area contributed by atoms with Crippen LogP contribution in [-0.2, 0) is 4.79 Å². The van der Waals surface area contributed by atoms with Gasteiger partial charge in [-0.15, -0.1) is 12.6 Å². The Morgan fingerprint density at radius 1 is 1.62 bits per heavy atom. The summed E-state index contributed by atoms with van der Waals surface area (Å²) in [6.07, 6.45) is 0. The molecule has 0 spiro atoms. The maximum atomic E-state index is 10.7. The monoisotopic (exact) mass is 216 g/mol. The van der Waals surface area contributed by atoms with Crippen molar-refractivity contribution in [3.63, 3.8) is 0 Å². The van der Waals surface area contributed by atoms with Crippen LogP contribution in [0.3, 0.4) is 0 Å². The summed E-state index contributed by atoms with van der Waals surface area (Å²) < 4.78 is 0. The van der Waals surface area contributed by atoms with E-state index in [0.717, 1.165) is 0 Å². The lowest BCUT2D eigenvalue weighted by Crippen LogP contribution is -2.06. The summed E-state index contributed by atoms with van der Waals surface area (Å²) in [5, 5.41) is 2.97. The van der Waals surface area contributed by atoms with Gasteiger partial charge in [-0.1, -0.05) is 11.6 Å². The van der Waals surface area contributed by atoms with E-state index in [-0.39, 0.29) is 5.91 Å². The standard InChI is InChI=1S/C8H9ClN2OS/c1-4(12)11-5-2-6(9)8(10)7(13)3-5/h2-3,13H,10H2,1H3,(H,11,12). The van der Waals surface area contributed by atoms with Crippen LogP contribution in [0.5, 0.6) is 0 Å². The predicted molar refractivity (Wildman–Crippen MR) is 57.4 cm³/mol. The molecule has 1 amide bonds. The lowest BCUT2D eigenvalue weighted by molar-refractivity contribution is -0.114. The Bertz CT molecular complexity index is 331. The SMILES string of the molecule is CC(=O)Nc1cc(S)c(N)c(Cl)c1. The van der Waals surface area contributed by atoms with E-state index in [2.05, 4.69) is 17.9 Å². The van der Waals surface area contributed by atoms with Gasteiger partial charge in [0.1, 0.15) is 0 Å². The van der Waals surface area contributed by atoms with E-state index in [9.17, 15) is 4.79 Å². The zero-order valence-electron chi connectivity index (χ0n) is 6.97. The van der Waals surface area contributed by atoms with Crippen molar-refractivity contribution >= 4 is 41.5 Å². The molecule has 0 aromatic heterocycles. The Kier molecular flexibility index (Phi) is 3.06. The van der Waals surface area contributed by atoms with Crippen LogP contribution in [0.15, 0.2) is 17.0 Å². The van der Waals surface area contributed by atoms with E-state index in [1.165, 1.54) is 6.92 Å². The van der Waals surface area contributed by atoms with E-state index in [4.69, 9.17) is 17.3 Å². The molecule has 0 atom stereocenters. The van der Waals surface area contributed by atoms with Gasteiger partial charge in [-0.3, -0.25) is 4.79 Å². The van der Waals surface area contributed by atoms with Crippen LogP contribution < -0.4 is 11.1 Å². The van der Waals surface area contributed by atoms with Gasteiger partial charge in [0, 0.05) is 17.5 Å². The molecule has 0 heterocycles. The summed E-state index contributed by atoms with van der Waals surface area (Å²) in [4.78, 5) is 11.3. The summed E-state index contributed by atoms with van der Waals surface area (Å²) in [6.45, 7) is 1.42. The molecule has 1 aromatic rings. The number of thiol groups is 1. The number of rotatable bonds is 1. The summed E-state index contributed by atoms with van der Waals surface area (Å²) in [5.74, 6) is -0.159. The van der Waals surface area contributed by atoms with E-state index < -0.39 is 0 Å². The minimum atomic E-state index is -0.159. The van der Waals surface area contributed by atoms with Gasteiger partial charge in [-0.2, -0.15) is 0 Å². The number of carbonyl (C=O) groups is 1. The second kappa shape index (κ2) is 3.89. The first-order valence-electron chi connectivity index (χ1n) is 3.56. The van der Waals surface area contributed by atoms with Gasteiger partial charge in [0.25, 0.3) is 0 Å². The predicted octanol–water partition coefficient (Wildman–Crippen LogP) is 2.17. The van der Waals surface area contributed by atoms with Crippen molar-refractivity contribution in [1.82, 2.24) is 0 Å². The van der Waals surface area contributed by atoms with Crippen LogP contribution in [0.4, 0.5) is 11.4 Å². The average molecular weight is 217 g/mol. The molecular weight excluding hydrogens is 208 g/mol. The minimum absolute atomic E-state index is 0.159. The number of amides is 1. The lowest BCUT2D eigenvalue weighted by Gasteiger charge is -2.06. The highest BCUT2D eigenvalue weighted by atomic mass is 35.5. The van der Waals surface area contributed by atoms with Crippen LogP contribution in [0.2, 0.25) is 5.02 Å². The van der Waals surface area contributed by atoms with Crippen LogP contribution >= 0.6 is 24.2 Å². The molecule has 70 valence electrons. The van der Waals surface area contributed by atoms with Crippen molar-refractivity contribution in [1.29, 1.82) is 0 Å². The van der Waals surface area contributed by atoms with Crippen LogP contribution in [0.25, 0.3) is 0 Å². The molecule has 0 aliphatic rings. The molecule has 1 aromatic carbocycles. The topological polar surface area (TPSA) is 55.1 Å². The van der Waals surface area contributed by atoms with E-state index in [1.54, 1.807) is 12.1 Å². The van der Waals surface area contributed by atoms with Gasteiger partial charge in [0.2, 0.25) is 5.91 Å². The molecule has 0 bridgehead atoms. The van der Waals surface area contributed by atoms with Crippen molar-refractivity contribution in [2.75, 3.05) is 11.1 Å².